The molecule has 0 amide bonds. The molecule has 134 valence electrons. The summed E-state index contributed by atoms with van der Waals surface area (Å²) < 4.78 is 11.7. The van der Waals surface area contributed by atoms with Crippen LogP contribution in [0.25, 0.3) is 0 Å². The number of thioether (sulfide) groups is 1. The van der Waals surface area contributed by atoms with Gasteiger partial charge in [0.05, 0.1) is 12.7 Å². The Morgan fingerprint density at radius 3 is 2.68 bits per heavy atom. The number of hydrogen-bond donors (Lipinski definition) is 0. The molecule has 2 atom stereocenters. The SMILES string of the molecule is CCOc1ccc(Cc2cc([C@@H]3CCC[C@@H](SC)O3)ccc2Cl)cc1. The lowest BCUT2D eigenvalue weighted by Crippen LogP contribution is -2.19. The predicted molar refractivity (Wildman–Crippen MR) is 107 cm³/mol. The molecule has 1 fully saturated rings. The van der Waals surface area contributed by atoms with E-state index < -0.39 is 0 Å². The second-order valence-electron chi connectivity index (χ2n) is 6.33. The van der Waals surface area contributed by atoms with Gasteiger partial charge in [-0.25, -0.2) is 0 Å². The van der Waals surface area contributed by atoms with Gasteiger partial charge in [0.15, 0.2) is 0 Å². The molecule has 0 bridgehead atoms. The first kappa shape index (κ1) is 18.6. The molecule has 1 saturated heterocycles. The minimum atomic E-state index is 0.183. The van der Waals surface area contributed by atoms with Gasteiger partial charge < -0.3 is 9.47 Å². The smallest absolute Gasteiger partial charge is 0.119 e. The quantitative estimate of drug-likeness (QED) is 0.592. The summed E-state index contributed by atoms with van der Waals surface area (Å²) >= 11 is 8.25. The zero-order valence-corrected chi connectivity index (χ0v) is 16.4. The second-order valence-corrected chi connectivity index (χ2v) is 7.73. The Morgan fingerprint density at radius 1 is 1.16 bits per heavy atom. The van der Waals surface area contributed by atoms with Crippen molar-refractivity contribution in [2.45, 2.75) is 44.1 Å². The zero-order valence-electron chi connectivity index (χ0n) is 14.8. The third-order valence-electron chi connectivity index (χ3n) is 4.56. The van der Waals surface area contributed by atoms with Gasteiger partial charge in [0.1, 0.15) is 11.2 Å². The van der Waals surface area contributed by atoms with Crippen molar-refractivity contribution < 1.29 is 9.47 Å². The molecule has 0 spiro atoms. The molecule has 0 saturated carbocycles. The largest absolute Gasteiger partial charge is 0.494 e. The van der Waals surface area contributed by atoms with Gasteiger partial charge >= 0.3 is 0 Å². The van der Waals surface area contributed by atoms with Gasteiger partial charge in [0.25, 0.3) is 0 Å². The Morgan fingerprint density at radius 2 is 1.96 bits per heavy atom. The van der Waals surface area contributed by atoms with Crippen LogP contribution >= 0.6 is 23.4 Å². The predicted octanol–water partition coefficient (Wildman–Crippen LogP) is 6.26. The molecule has 3 rings (SSSR count). The van der Waals surface area contributed by atoms with Crippen molar-refractivity contribution in [3.63, 3.8) is 0 Å². The third-order valence-corrected chi connectivity index (χ3v) is 5.80. The molecule has 0 unspecified atom stereocenters. The summed E-state index contributed by atoms with van der Waals surface area (Å²) in [6.07, 6.45) is 6.56. The summed E-state index contributed by atoms with van der Waals surface area (Å²) in [6.45, 7) is 2.68. The highest BCUT2D eigenvalue weighted by Gasteiger charge is 2.23. The van der Waals surface area contributed by atoms with Crippen LogP contribution < -0.4 is 4.74 Å². The molecule has 0 N–H and O–H groups in total. The van der Waals surface area contributed by atoms with E-state index in [0.717, 1.165) is 35.6 Å². The molecule has 0 aromatic heterocycles. The van der Waals surface area contributed by atoms with E-state index >= 15 is 0 Å². The van der Waals surface area contributed by atoms with E-state index in [4.69, 9.17) is 21.1 Å². The molecule has 25 heavy (non-hydrogen) atoms. The number of ether oxygens (including phenoxy) is 2. The molecule has 1 heterocycles. The average molecular weight is 377 g/mol. The first-order valence-corrected chi connectivity index (χ1v) is 10.5. The highest BCUT2D eigenvalue weighted by molar-refractivity contribution is 7.99. The van der Waals surface area contributed by atoms with E-state index in [1.807, 2.05) is 25.1 Å². The Bertz CT molecular complexity index is 687. The maximum atomic E-state index is 6.45. The van der Waals surface area contributed by atoms with E-state index in [0.29, 0.717) is 12.0 Å². The monoisotopic (exact) mass is 376 g/mol. The van der Waals surface area contributed by atoms with Gasteiger partial charge in [0.2, 0.25) is 0 Å². The first-order chi connectivity index (χ1) is 12.2. The fourth-order valence-corrected chi connectivity index (χ4v) is 4.06. The Hall–Kier alpha value is -1.16. The molecule has 4 heteroatoms. The Balaban J connectivity index is 1.75. The van der Waals surface area contributed by atoms with Crippen molar-refractivity contribution in [2.75, 3.05) is 12.9 Å². The minimum Gasteiger partial charge on any atom is -0.494 e. The fraction of sp³-hybridized carbons (Fsp3) is 0.429. The van der Waals surface area contributed by atoms with Crippen molar-refractivity contribution >= 4 is 23.4 Å². The van der Waals surface area contributed by atoms with Crippen molar-refractivity contribution in [2.24, 2.45) is 0 Å². The van der Waals surface area contributed by atoms with Gasteiger partial charge in [0, 0.05) is 5.02 Å². The third kappa shape index (κ3) is 4.93. The van der Waals surface area contributed by atoms with E-state index in [1.54, 1.807) is 11.8 Å². The normalized spacial score (nSPS) is 20.4. The molecule has 0 radical (unpaired) electrons. The lowest BCUT2D eigenvalue weighted by Gasteiger charge is -2.29. The number of benzene rings is 2. The second kappa shape index (κ2) is 8.98. The van der Waals surface area contributed by atoms with E-state index in [-0.39, 0.29) is 6.10 Å². The van der Waals surface area contributed by atoms with E-state index in [9.17, 15) is 0 Å². The van der Waals surface area contributed by atoms with Gasteiger partial charge in [-0.15, -0.1) is 11.8 Å². The summed E-state index contributed by atoms with van der Waals surface area (Å²) in [5.74, 6) is 0.907. The molecule has 0 aliphatic carbocycles. The van der Waals surface area contributed by atoms with E-state index in [2.05, 4.69) is 30.5 Å². The summed E-state index contributed by atoms with van der Waals surface area (Å²) in [5.41, 5.74) is 3.93. The fourth-order valence-electron chi connectivity index (χ4n) is 3.23. The zero-order chi connectivity index (χ0) is 17.6. The lowest BCUT2D eigenvalue weighted by molar-refractivity contribution is -0.00494. The topological polar surface area (TPSA) is 18.5 Å². The summed E-state index contributed by atoms with van der Waals surface area (Å²) in [7, 11) is 0. The molecule has 2 aromatic rings. The van der Waals surface area contributed by atoms with Crippen LogP contribution in [0.5, 0.6) is 5.75 Å². The minimum absolute atomic E-state index is 0.183. The highest BCUT2D eigenvalue weighted by Crippen LogP contribution is 2.36. The summed E-state index contributed by atoms with van der Waals surface area (Å²) in [5, 5.41) is 0.815. The number of halogens is 1. The van der Waals surface area contributed by atoms with Crippen LogP contribution in [0.4, 0.5) is 0 Å². The molecular weight excluding hydrogens is 352 g/mol. The van der Waals surface area contributed by atoms with Crippen molar-refractivity contribution in [3.05, 3.63) is 64.2 Å². The summed E-state index contributed by atoms with van der Waals surface area (Å²) in [6, 6.07) is 14.6. The molecule has 1 aliphatic rings. The van der Waals surface area contributed by atoms with Crippen molar-refractivity contribution in [3.8, 4) is 5.75 Å². The Labute approximate surface area is 159 Å². The molecule has 2 nitrogen and oxygen atoms in total. The molecule has 1 aliphatic heterocycles. The lowest BCUT2D eigenvalue weighted by atomic mass is 9.97. The van der Waals surface area contributed by atoms with Crippen LogP contribution in [0.1, 0.15) is 49.0 Å². The van der Waals surface area contributed by atoms with Crippen LogP contribution in [-0.2, 0) is 11.2 Å². The highest BCUT2D eigenvalue weighted by atomic mass is 35.5. The first-order valence-electron chi connectivity index (χ1n) is 8.88. The molecular formula is C21H25ClO2S. The van der Waals surface area contributed by atoms with Gasteiger partial charge in [-0.2, -0.15) is 0 Å². The van der Waals surface area contributed by atoms with Crippen molar-refractivity contribution in [1.82, 2.24) is 0 Å². The van der Waals surface area contributed by atoms with Gasteiger partial charge in [-0.1, -0.05) is 35.9 Å². The van der Waals surface area contributed by atoms with Crippen LogP contribution in [0.2, 0.25) is 5.02 Å². The average Bonchev–Trinajstić information content (AvgIpc) is 2.65. The van der Waals surface area contributed by atoms with Crippen LogP contribution in [0.3, 0.4) is 0 Å². The Kier molecular flexibility index (Phi) is 6.69. The standard InChI is InChI=1S/C21H25ClO2S/c1-3-23-18-10-7-15(8-11-18)13-17-14-16(9-12-19(17)22)20-5-4-6-21(24-20)25-2/h7-12,14,20-21H,3-6,13H2,1-2H3/t20-,21+/m0/s1. The maximum Gasteiger partial charge on any atom is 0.119 e. The van der Waals surface area contributed by atoms with Gasteiger partial charge in [-0.3, -0.25) is 0 Å². The number of rotatable bonds is 6. The van der Waals surface area contributed by atoms with Gasteiger partial charge in [-0.05, 0) is 73.8 Å². The van der Waals surface area contributed by atoms with Crippen molar-refractivity contribution in [1.29, 1.82) is 0 Å². The van der Waals surface area contributed by atoms with Crippen LogP contribution in [0.15, 0.2) is 42.5 Å². The summed E-state index contributed by atoms with van der Waals surface area (Å²) in [4.78, 5) is 0. The van der Waals surface area contributed by atoms with Crippen LogP contribution in [0, 0.1) is 0 Å². The molecule has 2 aromatic carbocycles. The van der Waals surface area contributed by atoms with Crippen LogP contribution in [-0.4, -0.2) is 18.3 Å². The van der Waals surface area contributed by atoms with E-state index in [1.165, 1.54) is 17.5 Å². The maximum absolute atomic E-state index is 6.45. The number of hydrogen-bond acceptors (Lipinski definition) is 3.